The van der Waals surface area contributed by atoms with E-state index >= 15 is 0 Å². The Balaban J connectivity index is 2.01. The summed E-state index contributed by atoms with van der Waals surface area (Å²) < 4.78 is 25.4. The molecule has 1 saturated carbocycles. The van der Waals surface area contributed by atoms with Crippen molar-refractivity contribution in [2.75, 3.05) is 0 Å². The highest BCUT2D eigenvalue weighted by molar-refractivity contribution is 5.20. The largest absolute Gasteiger partial charge is 0.320 e. The normalized spacial score (nSPS) is 30.6. The van der Waals surface area contributed by atoms with Crippen LogP contribution in [0, 0.1) is 0 Å². The van der Waals surface area contributed by atoms with Crippen LogP contribution in [0.3, 0.4) is 0 Å². The van der Waals surface area contributed by atoms with Crippen molar-refractivity contribution in [2.24, 2.45) is 5.73 Å². The molecule has 0 radical (unpaired) electrons. The van der Waals surface area contributed by atoms with Crippen LogP contribution in [-0.2, 0) is 0 Å². The summed E-state index contributed by atoms with van der Waals surface area (Å²) in [6.45, 7) is 0. The first kappa shape index (κ1) is 11.5. The maximum Gasteiger partial charge on any atom is 0.256 e. The molecule has 88 valence electrons. The Morgan fingerprint density at radius 2 is 1.69 bits per heavy atom. The topological polar surface area (TPSA) is 26.0 Å². The van der Waals surface area contributed by atoms with Gasteiger partial charge in [0.05, 0.1) is 5.54 Å². The second-order valence-electron chi connectivity index (χ2n) is 4.72. The van der Waals surface area contributed by atoms with E-state index in [0.717, 1.165) is 12.8 Å². The first-order valence-electron chi connectivity index (χ1n) is 5.74. The van der Waals surface area contributed by atoms with E-state index < -0.39 is 12.0 Å². The first-order chi connectivity index (χ1) is 7.62. The van der Waals surface area contributed by atoms with Crippen LogP contribution >= 0.6 is 0 Å². The third kappa shape index (κ3) is 2.24. The van der Waals surface area contributed by atoms with E-state index in [4.69, 9.17) is 5.73 Å². The Hall–Kier alpha value is -0.960. The summed E-state index contributed by atoms with van der Waals surface area (Å²) in [6.07, 6.45) is -0.0197. The van der Waals surface area contributed by atoms with Crippen LogP contribution in [0.5, 0.6) is 0 Å². The quantitative estimate of drug-likeness (QED) is 0.821. The van der Waals surface area contributed by atoms with Crippen molar-refractivity contribution >= 4 is 0 Å². The average Bonchev–Trinajstić information content (AvgIpc) is 2.31. The minimum atomic E-state index is -2.40. The van der Waals surface area contributed by atoms with Crippen molar-refractivity contribution in [3.63, 3.8) is 0 Å². The molecule has 0 bridgehead atoms. The van der Waals surface area contributed by atoms with Crippen LogP contribution in [0.1, 0.15) is 37.2 Å². The van der Waals surface area contributed by atoms with Gasteiger partial charge >= 0.3 is 0 Å². The molecular formula is C13H17F2N. The van der Waals surface area contributed by atoms with Crippen molar-refractivity contribution < 1.29 is 8.78 Å². The molecule has 0 saturated heterocycles. The van der Waals surface area contributed by atoms with Crippen molar-refractivity contribution in [1.82, 2.24) is 0 Å². The fourth-order valence-electron chi connectivity index (χ4n) is 2.43. The first-order valence-corrected chi connectivity index (χ1v) is 5.74. The zero-order valence-corrected chi connectivity index (χ0v) is 9.20. The Morgan fingerprint density at radius 3 is 2.19 bits per heavy atom. The number of rotatable bonds is 2. The fourth-order valence-corrected chi connectivity index (χ4v) is 2.43. The second-order valence-corrected chi connectivity index (χ2v) is 4.72. The van der Waals surface area contributed by atoms with Crippen LogP contribution in [0.25, 0.3) is 0 Å². The Morgan fingerprint density at radius 1 is 1.12 bits per heavy atom. The van der Waals surface area contributed by atoms with Gasteiger partial charge in [-0.2, -0.15) is 0 Å². The third-order valence-corrected chi connectivity index (χ3v) is 3.62. The fraction of sp³-hybridized carbons (Fsp3) is 0.538. The highest BCUT2D eigenvalue weighted by Gasteiger charge is 2.39. The molecule has 0 spiro atoms. The Labute approximate surface area is 94.7 Å². The van der Waals surface area contributed by atoms with Crippen molar-refractivity contribution in [3.05, 3.63) is 35.9 Å². The highest BCUT2D eigenvalue weighted by atomic mass is 19.3. The molecule has 0 atom stereocenters. The molecule has 0 aliphatic heterocycles. The van der Waals surface area contributed by atoms with E-state index in [1.54, 1.807) is 0 Å². The molecule has 0 amide bonds. The lowest BCUT2D eigenvalue weighted by Gasteiger charge is -2.36. The van der Waals surface area contributed by atoms with Gasteiger partial charge in [0.15, 0.2) is 0 Å². The SMILES string of the molecule is NC1(C(F)F)CCC(c2ccccc2)CC1. The van der Waals surface area contributed by atoms with Gasteiger partial charge in [0.25, 0.3) is 6.43 Å². The molecular weight excluding hydrogens is 208 g/mol. The van der Waals surface area contributed by atoms with Gasteiger partial charge in [0.1, 0.15) is 0 Å². The molecule has 0 heterocycles. The van der Waals surface area contributed by atoms with Crippen molar-refractivity contribution in [1.29, 1.82) is 0 Å². The van der Waals surface area contributed by atoms with Gasteiger partial charge < -0.3 is 5.73 Å². The van der Waals surface area contributed by atoms with Crippen molar-refractivity contribution in [3.8, 4) is 0 Å². The summed E-state index contributed by atoms with van der Waals surface area (Å²) in [4.78, 5) is 0. The summed E-state index contributed by atoms with van der Waals surface area (Å²) in [5.74, 6) is 0.400. The molecule has 0 aromatic heterocycles. The lowest BCUT2D eigenvalue weighted by Crippen LogP contribution is -2.49. The molecule has 1 aromatic rings. The van der Waals surface area contributed by atoms with Crippen LogP contribution in [0.15, 0.2) is 30.3 Å². The van der Waals surface area contributed by atoms with Gasteiger partial charge in [-0.1, -0.05) is 30.3 Å². The maximum absolute atomic E-state index is 12.7. The molecule has 2 N–H and O–H groups in total. The zero-order valence-electron chi connectivity index (χ0n) is 9.20. The number of hydrogen-bond acceptors (Lipinski definition) is 1. The number of benzene rings is 1. The van der Waals surface area contributed by atoms with Crippen LogP contribution in [0.2, 0.25) is 0 Å². The van der Waals surface area contributed by atoms with Gasteiger partial charge in [0, 0.05) is 0 Å². The van der Waals surface area contributed by atoms with E-state index in [2.05, 4.69) is 12.1 Å². The van der Waals surface area contributed by atoms with Crippen LogP contribution < -0.4 is 5.73 Å². The lowest BCUT2D eigenvalue weighted by molar-refractivity contribution is 0.0281. The molecule has 1 nitrogen and oxygen atoms in total. The average molecular weight is 225 g/mol. The summed E-state index contributed by atoms with van der Waals surface area (Å²) in [5, 5.41) is 0. The monoisotopic (exact) mass is 225 g/mol. The Kier molecular flexibility index (Phi) is 3.24. The maximum atomic E-state index is 12.7. The van der Waals surface area contributed by atoms with E-state index in [0.29, 0.717) is 18.8 Å². The van der Waals surface area contributed by atoms with Crippen LogP contribution in [-0.4, -0.2) is 12.0 Å². The van der Waals surface area contributed by atoms with Gasteiger partial charge in [0.2, 0.25) is 0 Å². The van der Waals surface area contributed by atoms with Gasteiger partial charge in [-0.3, -0.25) is 0 Å². The minimum absolute atomic E-state index is 0.400. The molecule has 1 aromatic carbocycles. The molecule has 1 aliphatic rings. The Bertz CT molecular complexity index is 329. The summed E-state index contributed by atoms with van der Waals surface area (Å²) in [7, 11) is 0. The van der Waals surface area contributed by atoms with Gasteiger partial charge in [-0.15, -0.1) is 0 Å². The molecule has 2 rings (SSSR count). The number of hydrogen-bond donors (Lipinski definition) is 1. The number of halogens is 2. The molecule has 1 aliphatic carbocycles. The highest BCUT2D eigenvalue weighted by Crippen LogP contribution is 2.39. The van der Waals surface area contributed by atoms with Gasteiger partial charge in [-0.05, 0) is 37.2 Å². The van der Waals surface area contributed by atoms with E-state index in [1.165, 1.54) is 5.56 Å². The zero-order chi connectivity index (χ0) is 11.6. The summed E-state index contributed by atoms with van der Waals surface area (Å²) in [6, 6.07) is 10.1. The van der Waals surface area contributed by atoms with Gasteiger partial charge in [-0.25, -0.2) is 8.78 Å². The summed E-state index contributed by atoms with van der Waals surface area (Å²) >= 11 is 0. The van der Waals surface area contributed by atoms with Crippen molar-refractivity contribution in [2.45, 2.75) is 43.6 Å². The number of alkyl halides is 2. The standard InChI is InChI=1S/C13H17F2N/c14-12(15)13(16)8-6-11(7-9-13)10-4-2-1-3-5-10/h1-5,11-12H,6-9,16H2. The molecule has 0 unspecified atom stereocenters. The van der Waals surface area contributed by atoms with Crippen LogP contribution in [0.4, 0.5) is 8.78 Å². The third-order valence-electron chi connectivity index (χ3n) is 3.62. The van der Waals surface area contributed by atoms with E-state index in [-0.39, 0.29) is 0 Å². The number of nitrogens with two attached hydrogens (primary N) is 1. The minimum Gasteiger partial charge on any atom is -0.320 e. The smallest absolute Gasteiger partial charge is 0.256 e. The van der Waals surface area contributed by atoms with E-state index in [1.807, 2.05) is 18.2 Å². The molecule has 16 heavy (non-hydrogen) atoms. The summed E-state index contributed by atoms with van der Waals surface area (Å²) in [5.41, 5.74) is 5.70. The van der Waals surface area contributed by atoms with E-state index in [9.17, 15) is 8.78 Å². The molecule has 3 heteroatoms. The predicted molar refractivity (Wildman–Crippen MR) is 60.6 cm³/mol. The predicted octanol–water partition coefficient (Wildman–Crippen LogP) is 3.31. The lowest BCUT2D eigenvalue weighted by atomic mass is 9.75. The second kappa shape index (κ2) is 4.50. The molecule has 1 fully saturated rings.